The SMILES string of the molecule is COc1cccc(-c2cc(F)ccc2[C@H]2CC(=O)c3c(C)nc(N)nc3C2)n1.COc1cccc(B2OC(C)(C)C(C)(C)O2)n1.Cc1nc(N)nc2c1C(=O)CC(c1ccc(F)cc1Br)C2.F. The van der Waals surface area contributed by atoms with Crippen molar-refractivity contribution < 1.29 is 41.9 Å². The van der Waals surface area contributed by atoms with E-state index in [4.69, 9.17) is 30.2 Å². The lowest BCUT2D eigenvalue weighted by atomic mass is 9.79. The molecule has 0 amide bonds. The Morgan fingerprint density at radius 2 is 1.13 bits per heavy atom. The number of pyridine rings is 2. The first kappa shape index (κ1) is 50.1. The number of nitrogen functional groups attached to an aromatic ring is 2. The number of hydrogen-bond acceptors (Lipinski definition) is 14. The van der Waals surface area contributed by atoms with E-state index in [2.05, 4.69) is 45.8 Å². The molecule has 0 bridgehead atoms. The van der Waals surface area contributed by atoms with Crippen LogP contribution in [0.2, 0.25) is 0 Å². The van der Waals surface area contributed by atoms with Crippen molar-refractivity contribution >= 4 is 52.1 Å². The summed E-state index contributed by atoms with van der Waals surface area (Å²) < 4.78 is 50.0. The number of benzene rings is 2. The summed E-state index contributed by atoms with van der Waals surface area (Å²) in [6.07, 6.45) is 1.78. The van der Waals surface area contributed by atoms with Gasteiger partial charge < -0.3 is 30.2 Å². The summed E-state index contributed by atoms with van der Waals surface area (Å²) in [4.78, 5) is 50.6. The van der Waals surface area contributed by atoms with Gasteiger partial charge in [0, 0.05) is 35.0 Å². The van der Waals surface area contributed by atoms with Gasteiger partial charge in [0.2, 0.25) is 23.7 Å². The lowest BCUT2D eigenvalue weighted by Crippen LogP contribution is -2.41. The number of aromatic nitrogens is 6. The lowest BCUT2D eigenvalue weighted by Gasteiger charge is -2.32. The Balaban J connectivity index is 0.000000170. The highest BCUT2D eigenvalue weighted by molar-refractivity contribution is 9.10. The van der Waals surface area contributed by atoms with Gasteiger partial charge in [0.1, 0.15) is 11.6 Å². The Morgan fingerprint density at radius 3 is 1.66 bits per heavy atom. The van der Waals surface area contributed by atoms with Crippen LogP contribution in [0.25, 0.3) is 11.3 Å². The summed E-state index contributed by atoms with van der Waals surface area (Å²) >= 11 is 3.36. The fourth-order valence-corrected chi connectivity index (χ4v) is 8.97. The Labute approximate surface area is 395 Å². The highest BCUT2D eigenvalue weighted by Gasteiger charge is 2.52. The van der Waals surface area contributed by atoms with Crippen molar-refractivity contribution in [3.63, 3.8) is 0 Å². The first-order chi connectivity index (χ1) is 31.3. The van der Waals surface area contributed by atoms with Crippen molar-refractivity contribution in [2.24, 2.45) is 0 Å². The number of ether oxygens (including phenoxy) is 2. The van der Waals surface area contributed by atoms with E-state index in [9.17, 15) is 18.4 Å². The van der Waals surface area contributed by atoms with Crippen molar-refractivity contribution in [3.05, 3.63) is 134 Å². The normalized spacial score (nSPS) is 17.7. The number of fused-ring (bicyclic) bond motifs is 2. The Morgan fingerprint density at radius 1 is 0.657 bits per heavy atom. The van der Waals surface area contributed by atoms with Crippen LogP contribution in [0, 0.1) is 25.5 Å². The molecule has 2 aromatic carbocycles. The largest absolute Gasteiger partial charge is 0.514 e. The van der Waals surface area contributed by atoms with Gasteiger partial charge in [-0.3, -0.25) is 14.3 Å². The van der Waals surface area contributed by atoms with Crippen molar-refractivity contribution in [2.45, 2.75) is 90.3 Å². The van der Waals surface area contributed by atoms with E-state index >= 15 is 0 Å². The van der Waals surface area contributed by atoms with Gasteiger partial charge >= 0.3 is 7.12 Å². The van der Waals surface area contributed by atoms with Gasteiger partial charge in [0.25, 0.3) is 0 Å². The summed E-state index contributed by atoms with van der Waals surface area (Å²) in [5, 5.41) is 0. The van der Waals surface area contributed by atoms with Crippen LogP contribution in [0.4, 0.5) is 25.4 Å². The van der Waals surface area contributed by atoms with Gasteiger partial charge in [-0.25, -0.2) is 38.7 Å². The van der Waals surface area contributed by atoms with E-state index in [0.717, 1.165) is 16.7 Å². The first-order valence-electron chi connectivity index (χ1n) is 21.2. The van der Waals surface area contributed by atoms with Crippen LogP contribution in [0.5, 0.6) is 11.8 Å². The molecule has 5 heterocycles. The number of carbonyl (C=O) groups excluding carboxylic acids is 2. The molecule has 67 heavy (non-hydrogen) atoms. The fourth-order valence-electron chi connectivity index (χ4n) is 8.29. The second kappa shape index (κ2) is 20.3. The molecule has 2 aliphatic carbocycles. The molecule has 3 aliphatic rings. The minimum absolute atomic E-state index is 0. The van der Waals surface area contributed by atoms with Crippen LogP contribution in [0.3, 0.4) is 0 Å². The molecule has 0 spiro atoms. The van der Waals surface area contributed by atoms with Crippen LogP contribution in [0.1, 0.15) is 107 Å². The monoisotopic (exact) mass is 982 g/mol. The number of methoxy groups -OCH3 is 2. The molecule has 4 N–H and O–H groups in total. The summed E-state index contributed by atoms with van der Waals surface area (Å²) in [6, 6.07) is 20.0. The Bertz CT molecular complexity index is 2820. The van der Waals surface area contributed by atoms with Gasteiger partial charge in [-0.1, -0.05) is 40.2 Å². The molecule has 9 rings (SSSR count). The quantitative estimate of drug-likeness (QED) is 0.151. The Hall–Kier alpha value is -6.31. The zero-order valence-electron chi connectivity index (χ0n) is 38.3. The topological polar surface area (TPSA) is 200 Å². The van der Waals surface area contributed by atoms with Crippen LogP contribution in [-0.4, -0.2) is 74.0 Å². The predicted octanol–water partition coefficient (Wildman–Crippen LogP) is 8.21. The van der Waals surface area contributed by atoms with Crippen molar-refractivity contribution in [3.8, 4) is 23.0 Å². The first-order valence-corrected chi connectivity index (χ1v) is 22.0. The number of nitrogens with two attached hydrogens (primary N) is 2. The number of Topliss-reactive ketones (excluding diaryl/α,β-unsaturated/α-hetero) is 2. The smallest absolute Gasteiger partial charge is 0.481 e. The average molecular weight is 984 g/mol. The van der Waals surface area contributed by atoms with Gasteiger partial charge in [-0.2, -0.15) is 0 Å². The zero-order chi connectivity index (χ0) is 47.7. The van der Waals surface area contributed by atoms with E-state index < -0.39 is 7.12 Å². The maximum atomic E-state index is 14.0. The molecule has 1 saturated heterocycles. The molecule has 1 unspecified atom stereocenters. The molecule has 1 aliphatic heterocycles. The van der Waals surface area contributed by atoms with E-state index in [0.29, 0.717) is 87.1 Å². The summed E-state index contributed by atoms with van der Waals surface area (Å²) in [5.74, 6) is 0.449. The highest BCUT2D eigenvalue weighted by Crippen LogP contribution is 2.40. The number of carbonyl (C=O) groups is 2. The number of hydrogen-bond donors (Lipinski definition) is 2. The standard InChI is InChI=1S/C21H19FN4O2.C15H13BrFN3O.C12H18BNO3.FH/c1-11-20-17(26-21(23)24-11)8-12(9-18(20)27)14-7-6-13(22)10-15(14)16-4-3-5-19(25-16)28-2;1-7-14-12(20-15(18)19-7)4-8(5-13(14)21)10-3-2-9(17)6-11(10)16;1-11(2)12(3,4)17-13(16-11)9-7-6-8-10(14-9)15-5;/h3-7,10,12H,8-9H2,1-2H3,(H2,23,24,26);2-3,6,8H,4-5H2,1H3,(H2,18,19,20);6-8H,1-5H3;1H/t12-;;;/m1.../s1. The fraction of sp³-hybridized carbons (Fsp3) is 0.333. The minimum atomic E-state index is -0.435. The maximum Gasteiger partial charge on any atom is 0.514 e. The molecular formula is C48H51BBrF3N8O6. The van der Waals surface area contributed by atoms with Crippen LogP contribution < -0.4 is 26.5 Å². The number of aryl methyl sites for hydroxylation is 2. The maximum absolute atomic E-state index is 14.0. The Kier molecular flexibility index (Phi) is 15.2. The van der Waals surface area contributed by atoms with Gasteiger partial charge in [0.05, 0.1) is 70.6 Å². The zero-order valence-corrected chi connectivity index (χ0v) is 39.9. The second-order valence-corrected chi connectivity index (χ2v) is 18.0. The van der Waals surface area contributed by atoms with Crippen LogP contribution in [0.15, 0.2) is 77.3 Å². The summed E-state index contributed by atoms with van der Waals surface area (Å²) in [6.45, 7) is 11.6. The molecule has 2 atom stereocenters. The van der Waals surface area contributed by atoms with Gasteiger partial charge in [-0.15, -0.1) is 0 Å². The molecule has 1 fully saturated rings. The van der Waals surface area contributed by atoms with E-state index in [1.54, 1.807) is 57.4 Å². The van der Waals surface area contributed by atoms with E-state index in [1.807, 2.05) is 39.8 Å². The minimum Gasteiger partial charge on any atom is -0.481 e. The van der Waals surface area contributed by atoms with Crippen LogP contribution >= 0.6 is 15.9 Å². The molecule has 350 valence electrons. The van der Waals surface area contributed by atoms with Crippen molar-refractivity contribution in [1.82, 2.24) is 29.9 Å². The number of ketones is 2. The molecule has 4 aromatic heterocycles. The third kappa shape index (κ3) is 11.0. The summed E-state index contributed by atoms with van der Waals surface area (Å²) in [5.41, 5.74) is 18.1. The summed E-state index contributed by atoms with van der Waals surface area (Å²) in [7, 11) is 2.69. The number of nitrogens with zero attached hydrogens (tertiary/aromatic N) is 6. The third-order valence-electron chi connectivity index (χ3n) is 12.2. The second-order valence-electron chi connectivity index (χ2n) is 17.2. The third-order valence-corrected chi connectivity index (χ3v) is 12.9. The van der Waals surface area contributed by atoms with E-state index in [-0.39, 0.29) is 62.8 Å². The number of halogens is 4. The number of anilines is 2. The molecule has 14 nitrogen and oxygen atoms in total. The molecule has 6 aromatic rings. The highest BCUT2D eigenvalue weighted by atomic mass is 79.9. The lowest BCUT2D eigenvalue weighted by molar-refractivity contribution is 0.00578. The molecular weight excluding hydrogens is 932 g/mol. The molecule has 0 saturated carbocycles. The molecule has 0 radical (unpaired) electrons. The predicted molar refractivity (Wildman–Crippen MR) is 252 cm³/mol. The van der Waals surface area contributed by atoms with Crippen molar-refractivity contribution in [2.75, 3.05) is 25.7 Å². The molecule has 19 heteroatoms. The van der Waals surface area contributed by atoms with Crippen molar-refractivity contribution in [1.29, 1.82) is 0 Å². The van der Waals surface area contributed by atoms with Gasteiger partial charge in [0.15, 0.2) is 11.6 Å². The van der Waals surface area contributed by atoms with E-state index in [1.165, 1.54) is 31.4 Å². The van der Waals surface area contributed by atoms with Gasteiger partial charge in [-0.05, 0) is 114 Å². The average Bonchev–Trinajstić information content (AvgIpc) is 3.48. The number of rotatable bonds is 6. The van der Waals surface area contributed by atoms with Crippen LogP contribution in [-0.2, 0) is 22.2 Å².